The Hall–Kier alpha value is 0.962. The van der Waals surface area contributed by atoms with Crippen molar-refractivity contribution in [3.05, 3.63) is 17.5 Å². The van der Waals surface area contributed by atoms with Crippen LogP contribution in [0.15, 0.2) is 12.2 Å². The molecule has 2 saturated heterocycles. The summed E-state index contributed by atoms with van der Waals surface area (Å²) in [6.45, 7) is 5.20. The summed E-state index contributed by atoms with van der Waals surface area (Å²) in [6, 6.07) is 0. The second-order valence-corrected chi connectivity index (χ2v) is 4.83. The largest absolute Gasteiger partial charge is 0.644 e. The molecule has 0 aromatic rings. The van der Waals surface area contributed by atoms with Crippen LogP contribution in [-0.2, 0) is 63.3 Å². The van der Waals surface area contributed by atoms with Gasteiger partial charge in [0.15, 0.2) is 0 Å². The van der Waals surface area contributed by atoms with E-state index in [0.717, 1.165) is 6.61 Å². The van der Waals surface area contributed by atoms with Crippen molar-refractivity contribution < 1.29 is 63.3 Å². The van der Waals surface area contributed by atoms with Gasteiger partial charge in [0.05, 0.1) is 12.5 Å². The summed E-state index contributed by atoms with van der Waals surface area (Å²) < 4.78 is 5.49. The normalized spacial score (nSPS) is 47.8. The molecule has 4 atom stereocenters. The van der Waals surface area contributed by atoms with E-state index >= 15 is 0 Å². The quantitative estimate of drug-likeness (QED) is 0.311. The molecule has 2 spiro atoms. The molecule has 16 heavy (non-hydrogen) atoms. The molecule has 4 unspecified atom stereocenters. The number of carbonyl (C=O) groups is 1. The predicted octanol–water partition coefficient (Wildman–Crippen LogP) is 1.64. The Morgan fingerprint density at radius 2 is 1.94 bits per heavy atom. The van der Waals surface area contributed by atoms with Crippen LogP contribution in [0.25, 0.3) is 5.32 Å². The zero-order valence-corrected chi connectivity index (χ0v) is 15.2. The summed E-state index contributed by atoms with van der Waals surface area (Å²) in [5, 5.41) is 4.16. The summed E-state index contributed by atoms with van der Waals surface area (Å²) in [4.78, 5) is 11.0. The van der Waals surface area contributed by atoms with E-state index in [9.17, 15) is 4.79 Å². The minimum absolute atomic E-state index is 0. The van der Waals surface area contributed by atoms with E-state index in [-0.39, 0.29) is 70.8 Å². The third-order valence-electron chi connectivity index (χ3n) is 4.21. The third-order valence-corrected chi connectivity index (χ3v) is 4.21. The Kier molecular flexibility index (Phi) is 4.29. The van der Waals surface area contributed by atoms with Crippen LogP contribution < -0.4 is 0 Å². The summed E-state index contributed by atoms with van der Waals surface area (Å²) in [5.41, 5.74) is -0.202. The molecule has 1 radical (unpaired) electrons. The van der Waals surface area contributed by atoms with E-state index in [1.807, 2.05) is 0 Å². The number of ether oxygens (including phenoxy) is 1. The molecule has 5 heteroatoms. The molecule has 3 rings (SSSR count). The van der Waals surface area contributed by atoms with Gasteiger partial charge in [-0.3, -0.25) is 0 Å². The van der Waals surface area contributed by atoms with Crippen LogP contribution in [0.3, 0.4) is 0 Å². The fraction of sp³-hybridized carbons (Fsp3) is 0.727. The zero-order chi connectivity index (χ0) is 9.97. The van der Waals surface area contributed by atoms with Crippen molar-refractivity contribution in [3.8, 4) is 0 Å². The van der Waals surface area contributed by atoms with Crippen molar-refractivity contribution in [3.63, 3.8) is 0 Å². The maximum atomic E-state index is 11.0. The molecule has 85 valence electrons. The molecule has 1 amide bonds. The van der Waals surface area contributed by atoms with E-state index in [0.29, 0.717) is 18.3 Å². The number of rotatable bonds is 0. The minimum atomic E-state index is -0.187. The van der Waals surface area contributed by atoms with Gasteiger partial charge < -0.3 is 14.8 Å². The maximum Gasteiger partial charge on any atom is 0.112 e. The first-order valence-electron chi connectivity index (χ1n) is 5.18. The monoisotopic (exact) mass is 465 g/mol. The molecule has 3 nitrogen and oxygen atoms in total. The zero-order valence-electron chi connectivity index (χ0n) is 9.47. The number of hydrogen-bond donors (Lipinski definition) is 0. The average Bonchev–Trinajstić information content (AvgIpc) is 2.87. The third kappa shape index (κ3) is 1.92. The van der Waals surface area contributed by atoms with Crippen LogP contribution in [0, 0.1) is 11.8 Å². The van der Waals surface area contributed by atoms with Gasteiger partial charge >= 0.3 is 0 Å². The number of amides is 1. The Morgan fingerprint density at radius 3 is 2.38 bits per heavy atom. The van der Waals surface area contributed by atoms with Gasteiger partial charge in [-0.2, -0.15) is 0 Å². The maximum absolute atomic E-state index is 11.0. The van der Waals surface area contributed by atoms with Gasteiger partial charge in [0.1, 0.15) is 5.60 Å². The molecule has 0 bridgehead atoms. The number of nitrogens with zero attached hydrogens (tertiary/aromatic N) is 1. The molecular weight excluding hydrogens is 451 g/mol. The first kappa shape index (κ1) is 15.0. The molecule has 0 aromatic heterocycles. The van der Waals surface area contributed by atoms with Crippen molar-refractivity contribution in [1.82, 2.24) is 0 Å². The molecule has 0 aromatic carbocycles. The smallest absolute Gasteiger partial charge is 0.112 e. The van der Waals surface area contributed by atoms with Crippen LogP contribution in [0.2, 0.25) is 0 Å². The molecule has 0 N–H and O–H groups in total. The van der Waals surface area contributed by atoms with E-state index in [4.69, 9.17) is 4.74 Å². The second-order valence-electron chi connectivity index (χ2n) is 4.83. The standard InChI is InChI=1S/C11H15NO2.W.Y/c1-7-8(2)11(6-14-11)4-3-10(7)5-9(13)12-10;;/h3-4,7-8H,5-6H2,1-2H3,(H,12,13);;/p-1. The SMILES string of the molecule is CC1C(C)C2(C=CC13CC(=O)[N-]3)CO2.[W].[Y]. The van der Waals surface area contributed by atoms with Crippen LogP contribution in [-0.4, -0.2) is 23.7 Å². The fourth-order valence-electron chi connectivity index (χ4n) is 2.71. The topological polar surface area (TPSA) is 43.7 Å². The molecule has 2 heterocycles. The molecule has 1 aliphatic carbocycles. The predicted molar refractivity (Wildman–Crippen MR) is 51.9 cm³/mol. The molecule has 3 aliphatic rings. The van der Waals surface area contributed by atoms with Gasteiger partial charge in [0.25, 0.3) is 0 Å². The van der Waals surface area contributed by atoms with Crippen LogP contribution >= 0.6 is 0 Å². The average molecular weight is 465 g/mol. The summed E-state index contributed by atoms with van der Waals surface area (Å²) in [6.07, 6.45) is 4.80. The summed E-state index contributed by atoms with van der Waals surface area (Å²) >= 11 is 0. The summed E-state index contributed by atoms with van der Waals surface area (Å²) in [5.74, 6) is 0.915. The Balaban J connectivity index is 0.000000640. The van der Waals surface area contributed by atoms with Crippen LogP contribution in [0.4, 0.5) is 0 Å². The van der Waals surface area contributed by atoms with Gasteiger partial charge in [-0.1, -0.05) is 31.5 Å². The van der Waals surface area contributed by atoms with Gasteiger partial charge in [0.2, 0.25) is 0 Å². The first-order valence-corrected chi connectivity index (χ1v) is 5.18. The van der Waals surface area contributed by atoms with E-state index in [2.05, 4.69) is 31.3 Å². The molecule has 2 aliphatic heterocycles. The van der Waals surface area contributed by atoms with Gasteiger partial charge in [-0.25, -0.2) is 0 Å². The van der Waals surface area contributed by atoms with Crippen molar-refractivity contribution in [2.45, 2.75) is 31.4 Å². The van der Waals surface area contributed by atoms with Crippen LogP contribution in [0.5, 0.6) is 0 Å². The molecule has 2 fully saturated rings. The fourth-order valence-corrected chi connectivity index (χ4v) is 2.71. The number of β-lactam (4-membered cyclic amide) rings is 1. The molecular formula is C11H14NO2WY-. The summed E-state index contributed by atoms with van der Waals surface area (Å²) in [7, 11) is 0. The van der Waals surface area contributed by atoms with Crippen molar-refractivity contribution in [2.75, 3.05) is 6.61 Å². The van der Waals surface area contributed by atoms with Crippen molar-refractivity contribution in [1.29, 1.82) is 0 Å². The van der Waals surface area contributed by atoms with Crippen LogP contribution in [0.1, 0.15) is 20.3 Å². The van der Waals surface area contributed by atoms with E-state index < -0.39 is 0 Å². The first-order chi connectivity index (χ1) is 6.58. The number of carbonyl (C=O) groups excluding carboxylic acids is 1. The molecule has 0 saturated carbocycles. The Bertz CT molecular complexity index is 333. The van der Waals surface area contributed by atoms with Gasteiger partial charge in [-0.05, 0) is 18.3 Å². The number of epoxide rings is 1. The Labute approximate surface area is 135 Å². The number of hydrogen-bond acceptors (Lipinski definition) is 2. The van der Waals surface area contributed by atoms with Crippen molar-refractivity contribution in [2.24, 2.45) is 11.8 Å². The van der Waals surface area contributed by atoms with E-state index in [1.54, 1.807) is 0 Å². The van der Waals surface area contributed by atoms with Gasteiger partial charge in [0, 0.05) is 53.8 Å². The van der Waals surface area contributed by atoms with Gasteiger partial charge in [-0.15, -0.1) is 0 Å². The van der Waals surface area contributed by atoms with Crippen molar-refractivity contribution >= 4 is 5.91 Å². The van der Waals surface area contributed by atoms with E-state index in [1.165, 1.54) is 0 Å². The Morgan fingerprint density at radius 1 is 1.38 bits per heavy atom. The second kappa shape index (κ2) is 4.57. The minimum Gasteiger partial charge on any atom is -0.644 e.